The molecule has 2 unspecified atom stereocenters. The maximum absolute atomic E-state index is 10.8. The third kappa shape index (κ3) is 2.32. The van der Waals surface area contributed by atoms with Crippen LogP contribution in [0.3, 0.4) is 0 Å². The summed E-state index contributed by atoms with van der Waals surface area (Å²) in [6.45, 7) is 6.26. The van der Waals surface area contributed by atoms with Crippen LogP contribution in [0.15, 0.2) is 5.03 Å². The van der Waals surface area contributed by atoms with Gasteiger partial charge in [0.1, 0.15) is 17.1 Å². The van der Waals surface area contributed by atoms with Gasteiger partial charge in [0, 0.05) is 7.05 Å². The van der Waals surface area contributed by atoms with Gasteiger partial charge in [-0.25, -0.2) is 4.98 Å². The summed E-state index contributed by atoms with van der Waals surface area (Å²) in [7, 11) is 2.00. The molecular formula is C12H20N2OS. The molecule has 0 aliphatic carbocycles. The molecule has 0 aliphatic rings. The topological polar surface area (TPSA) is 34.9 Å². The van der Waals surface area contributed by atoms with Crippen molar-refractivity contribution in [3.63, 3.8) is 0 Å². The van der Waals surface area contributed by atoms with Crippen LogP contribution in [0.5, 0.6) is 0 Å². The van der Waals surface area contributed by atoms with Crippen molar-refractivity contribution in [1.29, 1.82) is 0 Å². The summed E-state index contributed by atoms with van der Waals surface area (Å²) >= 11 is 1.65. The van der Waals surface area contributed by atoms with Crippen LogP contribution in [0.25, 0.3) is 0 Å². The minimum Gasteiger partial charge on any atom is -0.333 e. The Balaban J connectivity index is 3.26. The van der Waals surface area contributed by atoms with E-state index in [0.717, 1.165) is 23.6 Å². The molecule has 0 saturated heterocycles. The lowest BCUT2D eigenvalue weighted by molar-refractivity contribution is -0.108. The number of thioether (sulfide) groups is 1. The molecule has 1 aromatic rings. The zero-order valence-corrected chi connectivity index (χ0v) is 11.5. The maximum atomic E-state index is 10.8. The van der Waals surface area contributed by atoms with Gasteiger partial charge in [0.25, 0.3) is 0 Å². The zero-order valence-electron chi connectivity index (χ0n) is 10.7. The Morgan fingerprint density at radius 3 is 2.56 bits per heavy atom. The van der Waals surface area contributed by atoms with Crippen LogP contribution in [-0.2, 0) is 11.8 Å². The number of aldehydes is 1. The molecule has 1 heterocycles. The fourth-order valence-corrected chi connectivity index (χ4v) is 2.59. The number of rotatable bonds is 5. The molecule has 0 fully saturated rings. The molecule has 0 aliphatic heterocycles. The van der Waals surface area contributed by atoms with E-state index in [1.54, 1.807) is 11.8 Å². The first-order chi connectivity index (χ1) is 7.56. The summed E-state index contributed by atoms with van der Waals surface area (Å²) in [6.07, 6.45) is 4.07. The minimum absolute atomic E-state index is 0.131. The second-order valence-electron chi connectivity index (χ2n) is 4.16. The molecular weight excluding hydrogens is 220 g/mol. The molecule has 4 heteroatoms. The summed E-state index contributed by atoms with van der Waals surface area (Å²) in [6, 6.07) is 0. The van der Waals surface area contributed by atoms with Crippen molar-refractivity contribution < 1.29 is 4.79 Å². The molecule has 2 atom stereocenters. The van der Waals surface area contributed by atoms with E-state index in [9.17, 15) is 4.79 Å². The smallest absolute Gasteiger partial charge is 0.130 e. The van der Waals surface area contributed by atoms with Gasteiger partial charge in [0.2, 0.25) is 0 Å². The molecule has 0 radical (unpaired) electrons. The van der Waals surface area contributed by atoms with E-state index in [2.05, 4.69) is 23.4 Å². The highest BCUT2D eigenvalue weighted by Gasteiger charge is 2.21. The predicted octanol–water partition coefficient (Wildman–Crippen LogP) is 2.96. The Hall–Kier alpha value is -0.770. The van der Waals surface area contributed by atoms with Crippen molar-refractivity contribution >= 4 is 18.0 Å². The van der Waals surface area contributed by atoms with Gasteiger partial charge >= 0.3 is 0 Å². The highest BCUT2D eigenvalue weighted by molar-refractivity contribution is 7.98. The van der Waals surface area contributed by atoms with E-state index in [0.29, 0.717) is 5.92 Å². The lowest BCUT2D eigenvalue weighted by Gasteiger charge is -2.13. The van der Waals surface area contributed by atoms with Crippen LogP contribution in [0, 0.1) is 0 Å². The first kappa shape index (κ1) is 13.3. The van der Waals surface area contributed by atoms with Gasteiger partial charge in [0.05, 0.1) is 11.6 Å². The average molecular weight is 240 g/mol. The average Bonchev–Trinajstić information content (AvgIpc) is 2.64. The number of aromatic nitrogens is 2. The summed E-state index contributed by atoms with van der Waals surface area (Å²) in [4.78, 5) is 15.4. The molecule has 0 N–H and O–H groups in total. The number of imidazole rings is 1. The van der Waals surface area contributed by atoms with E-state index < -0.39 is 0 Å². The van der Waals surface area contributed by atoms with Crippen LogP contribution < -0.4 is 0 Å². The normalized spacial score (nSPS) is 14.8. The summed E-state index contributed by atoms with van der Waals surface area (Å²) in [5, 5.41) is 1.06. The van der Waals surface area contributed by atoms with Crippen LogP contribution in [0.4, 0.5) is 0 Å². The molecule has 1 rings (SSSR count). The number of hydrogen-bond acceptors (Lipinski definition) is 3. The Morgan fingerprint density at radius 2 is 2.12 bits per heavy atom. The van der Waals surface area contributed by atoms with Gasteiger partial charge < -0.3 is 9.36 Å². The summed E-state index contributed by atoms with van der Waals surface area (Å²) in [5.41, 5.74) is 1.25. The predicted molar refractivity (Wildman–Crippen MR) is 68.2 cm³/mol. The summed E-state index contributed by atoms with van der Waals surface area (Å²) in [5.74, 6) is 1.22. The van der Waals surface area contributed by atoms with E-state index in [4.69, 9.17) is 0 Å². The number of carbonyl (C=O) groups excluding carboxylic acids is 1. The molecule has 0 aromatic carbocycles. The monoisotopic (exact) mass is 240 g/mol. The van der Waals surface area contributed by atoms with Gasteiger partial charge in [-0.1, -0.05) is 13.8 Å². The van der Waals surface area contributed by atoms with Crippen LogP contribution in [-0.4, -0.2) is 22.1 Å². The first-order valence-corrected chi connectivity index (χ1v) is 6.85. The quantitative estimate of drug-likeness (QED) is 0.586. The van der Waals surface area contributed by atoms with Crippen molar-refractivity contribution in [2.45, 2.75) is 44.1 Å². The van der Waals surface area contributed by atoms with Gasteiger partial charge in [-0.15, -0.1) is 11.8 Å². The second-order valence-corrected chi connectivity index (χ2v) is 4.95. The molecule has 0 amide bonds. The van der Waals surface area contributed by atoms with Gasteiger partial charge in [0.15, 0.2) is 0 Å². The SMILES string of the molecule is CCC(C)c1c(SC)nc(C(C)C=O)n1C. The third-order valence-electron chi connectivity index (χ3n) is 3.02. The molecule has 0 saturated carbocycles. The lowest BCUT2D eigenvalue weighted by atomic mass is 10.1. The molecule has 0 bridgehead atoms. The Bertz CT molecular complexity index is 373. The standard InChI is InChI=1S/C12H20N2OS/c1-6-8(2)10-12(16-5)13-11(14(10)4)9(3)7-15/h7-9H,6H2,1-5H3. The molecule has 0 spiro atoms. The second kappa shape index (κ2) is 5.53. The van der Waals surface area contributed by atoms with Crippen molar-refractivity contribution in [3.8, 4) is 0 Å². The molecule has 90 valence electrons. The van der Waals surface area contributed by atoms with E-state index in [1.807, 2.05) is 20.2 Å². The molecule has 1 aromatic heterocycles. The zero-order chi connectivity index (χ0) is 12.3. The van der Waals surface area contributed by atoms with E-state index in [1.165, 1.54) is 5.69 Å². The van der Waals surface area contributed by atoms with Crippen LogP contribution in [0.2, 0.25) is 0 Å². The third-order valence-corrected chi connectivity index (χ3v) is 3.71. The van der Waals surface area contributed by atoms with Crippen LogP contribution in [0.1, 0.15) is 50.5 Å². The Morgan fingerprint density at radius 1 is 1.50 bits per heavy atom. The Kier molecular flexibility index (Phi) is 4.59. The van der Waals surface area contributed by atoms with Crippen LogP contribution >= 0.6 is 11.8 Å². The fourth-order valence-electron chi connectivity index (χ4n) is 1.86. The Labute approximate surface area is 102 Å². The fraction of sp³-hybridized carbons (Fsp3) is 0.667. The first-order valence-electron chi connectivity index (χ1n) is 5.62. The van der Waals surface area contributed by atoms with Gasteiger partial charge in [-0.2, -0.15) is 0 Å². The van der Waals surface area contributed by atoms with Crippen molar-refractivity contribution in [3.05, 3.63) is 11.5 Å². The minimum atomic E-state index is -0.131. The number of nitrogens with zero attached hydrogens (tertiary/aromatic N) is 2. The lowest BCUT2D eigenvalue weighted by Crippen LogP contribution is -2.08. The summed E-state index contributed by atoms with van der Waals surface area (Å²) < 4.78 is 2.08. The highest BCUT2D eigenvalue weighted by atomic mass is 32.2. The van der Waals surface area contributed by atoms with E-state index in [-0.39, 0.29) is 5.92 Å². The maximum Gasteiger partial charge on any atom is 0.130 e. The largest absolute Gasteiger partial charge is 0.333 e. The van der Waals surface area contributed by atoms with Gasteiger partial charge in [-0.3, -0.25) is 0 Å². The van der Waals surface area contributed by atoms with Gasteiger partial charge in [-0.05, 0) is 25.5 Å². The van der Waals surface area contributed by atoms with Crippen molar-refractivity contribution in [1.82, 2.24) is 9.55 Å². The van der Waals surface area contributed by atoms with Crippen molar-refractivity contribution in [2.75, 3.05) is 6.26 Å². The number of hydrogen-bond donors (Lipinski definition) is 0. The number of carbonyl (C=O) groups is 1. The molecule has 16 heavy (non-hydrogen) atoms. The van der Waals surface area contributed by atoms with Crippen molar-refractivity contribution in [2.24, 2.45) is 7.05 Å². The van der Waals surface area contributed by atoms with E-state index >= 15 is 0 Å². The molecule has 3 nitrogen and oxygen atoms in total. The highest BCUT2D eigenvalue weighted by Crippen LogP contribution is 2.30.